The number of carbonyl (C=O) groups is 1. The van der Waals surface area contributed by atoms with Gasteiger partial charge in [0.15, 0.2) is 0 Å². The van der Waals surface area contributed by atoms with E-state index < -0.39 is 5.91 Å². The van der Waals surface area contributed by atoms with Crippen molar-refractivity contribution in [1.29, 1.82) is 5.26 Å². The Balaban J connectivity index is 2.25. The average Bonchev–Trinajstić information content (AvgIpc) is 2.68. The highest BCUT2D eigenvalue weighted by atomic mass is 16.5. The molecule has 0 aromatic carbocycles. The Kier molecular flexibility index (Phi) is 5.52. The van der Waals surface area contributed by atoms with Gasteiger partial charge in [0.2, 0.25) is 0 Å². The Morgan fingerprint density at radius 1 is 1.44 bits per heavy atom. The number of rotatable bonds is 4. The van der Waals surface area contributed by atoms with E-state index in [0.29, 0.717) is 44.3 Å². The minimum Gasteiger partial charge on any atom is -0.378 e. The average molecular weight is 367 g/mol. The van der Waals surface area contributed by atoms with E-state index in [2.05, 4.69) is 5.32 Å². The van der Waals surface area contributed by atoms with Crippen LogP contribution in [0.2, 0.25) is 0 Å². The molecular weight excluding hydrogens is 346 g/mol. The third-order valence-corrected chi connectivity index (χ3v) is 4.37. The molecule has 8 heteroatoms. The fourth-order valence-electron chi connectivity index (χ4n) is 2.99. The molecule has 2 aromatic rings. The van der Waals surface area contributed by atoms with E-state index in [-0.39, 0.29) is 16.7 Å². The molecule has 0 radical (unpaired) electrons. The number of pyridine rings is 1. The SMILES string of the molecule is CCNC(=O)/C(C#N)=C/c1c(N2CCOCC2)nc2c(C)cccn2c1=O. The number of hydrogen-bond acceptors (Lipinski definition) is 6. The van der Waals surface area contributed by atoms with Crippen LogP contribution in [0.1, 0.15) is 18.1 Å². The molecule has 1 aliphatic rings. The third kappa shape index (κ3) is 3.68. The minimum atomic E-state index is -0.512. The lowest BCUT2D eigenvalue weighted by molar-refractivity contribution is -0.116. The van der Waals surface area contributed by atoms with Gasteiger partial charge in [-0.15, -0.1) is 0 Å². The molecule has 0 saturated carbocycles. The second-order valence-corrected chi connectivity index (χ2v) is 6.17. The number of fused-ring (bicyclic) bond motifs is 1. The zero-order valence-electron chi connectivity index (χ0n) is 15.4. The summed E-state index contributed by atoms with van der Waals surface area (Å²) in [6, 6.07) is 5.53. The second-order valence-electron chi connectivity index (χ2n) is 6.17. The molecule has 8 nitrogen and oxygen atoms in total. The number of amides is 1. The van der Waals surface area contributed by atoms with Crippen LogP contribution >= 0.6 is 0 Å². The number of aromatic nitrogens is 2. The van der Waals surface area contributed by atoms with E-state index in [9.17, 15) is 14.9 Å². The first-order chi connectivity index (χ1) is 13.1. The van der Waals surface area contributed by atoms with Crippen LogP contribution in [0.25, 0.3) is 11.7 Å². The van der Waals surface area contributed by atoms with Crippen molar-refractivity contribution in [2.24, 2.45) is 0 Å². The first-order valence-corrected chi connectivity index (χ1v) is 8.81. The molecule has 1 N–H and O–H groups in total. The number of morpholine rings is 1. The van der Waals surface area contributed by atoms with Crippen LogP contribution in [0.15, 0.2) is 28.7 Å². The highest BCUT2D eigenvalue weighted by Gasteiger charge is 2.21. The summed E-state index contributed by atoms with van der Waals surface area (Å²) in [6.07, 6.45) is 2.97. The van der Waals surface area contributed by atoms with E-state index in [1.165, 1.54) is 10.5 Å². The Hall–Kier alpha value is -3.18. The van der Waals surface area contributed by atoms with Crippen molar-refractivity contribution in [3.05, 3.63) is 45.4 Å². The monoisotopic (exact) mass is 367 g/mol. The Bertz CT molecular complexity index is 997. The van der Waals surface area contributed by atoms with Gasteiger partial charge in [-0.1, -0.05) is 6.07 Å². The van der Waals surface area contributed by atoms with Gasteiger partial charge in [-0.25, -0.2) is 4.98 Å². The zero-order valence-corrected chi connectivity index (χ0v) is 15.4. The van der Waals surface area contributed by atoms with Gasteiger partial charge >= 0.3 is 0 Å². The maximum atomic E-state index is 13.2. The topological polar surface area (TPSA) is 99.7 Å². The Morgan fingerprint density at radius 2 is 2.19 bits per heavy atom. The van der Waals surface area contributed by atoms with Gasteiger partial charge in [0.1, 0.15) is 23.1 Å². The van der Waals surface area contributed by atoms with Crippen molar-refractivity contribution in [3.8, 4) is 6.07 Å². The first-order valence-electron chi connectivity index (χ1n) is 8.81. The quantitative estimate of drug-likeness (QED) is 0.636. The van der Waals surface area contributed by atoms with Crippen molar-refractivity contribution in [3.63, 3.8) is 0 Å². The van der Waals surface area contributed by atoms with Crippen molar-refractivity contribution in [2.75, 3.05) is 37.7 Å². The molecule has 0 unspecified atom stereocenters. The van der Waals surface area contributed by atoms with Gasteiger partial charge in [-0.05, 0) is 31.6 Å². The van der Waals surface area contributed by atoms with Crippen molar-refractivity contribution >= 4 is 23.4 Å². The molecule has 140 valence electrons. The minimum absolute atomic E-state index is 0.127. The van der Waals surface area contributed by atoms with Gasteiger partial charge in [-0.2, -0.15) is 5.26 Å². The van der Waals surface area contributed by atoms with E-state index in [1.807, 2.05) is 24.0 Å². The standard InChI is InChI=1S/C19H21N5O3/c1-3-21-18(25)14(12-20)11-15-17(23-7-9-27-10-8-23)22-16-13(2)5-4-6-24(16)19(15)26/h4-6,11H,3,7-10H2,1-2H3,(H,21,25)/b14-11+. The predicted molar refractivity (Wildman–Crippen MR) is 102 cm³/mol. The number of anilines is 1. The van der Waals surface area contributed by atoms with Crippen LogP contribution in [0.3, 0.4) is 0 Å². The lowest BCUT2D eigenvalue weighted by atomic mass is 10.1. The number of carbonyl (C=O) groups excluding carboxylic acids is 1. The fourth-order valence-corrected chi connectivity index (χ4v) is 2.99. The highest BCUT2D eigenvalue weighted by molar-refractivity contribution is 6.02. The van der Waals surface area contributed by atoms with Crippen molar-refractivity contribution in [1.82, 2.24) is 14.7 Å². The van der Waals surface area contributed by atoms with Crippen molar-refractivity contribution < 1.29 is 9.53 Å². The normalized spacial score (nSPS) is 14.9. The fraction of sp³-hybridized carbons (Fsp3) is 0.368. The summed E-state index contributed by atoms with van der Waals surface area (Å²) in [4.78, 5) is 31.9. The molecule has 3 heterocycles. The number of nitrogens with one attached hydrogen (secondary N) is 1. The van der Waals surface area contributed by atoms with Crippen LogP contribution in [-0.4, -0.2) is 48.1 Å². The number of aryl methyl sites for hydroxylation is 1. The molecule has 1 aliphatic heterocycles. The van der Waals surface area contributed by atoms with Gasteiger partial charge in [0.25, 0.3) is 11.5 Å². The molecule has 0 spiro atoms. The van der Waals surface area contributed by atoms with Gasteiger partial charge in [-0.3, -0.25) is 14.0 Å². The van der Waals surface area contributed by atoms with Gasteiger partial charge < -0.3 is 15.0 Å². The smallest absolute Gasteiger partial charge is 0.267 e. The lowest BCUT2D eigenvalue weighted by Gasteiger charge is -2.29. The molecular formula is C19H21N5O3. The number of likely N-dealkylation sites (N-methyl/N-ethyl adjacent to an activating group) is 1. The summed E-state index contributed by atoms with van der Waals surface area (Å²) in [5, 5.41) is 12.0. The summed E-state index contributed by atoms with van der Waals surface area (Å²) < 4.78 is 6.83. The van der Waals surface area contributed by atoms with Gasteiger partial charge in [0.05, 0.1) is 18.8 Å². The molecule has 0 atom stereocenters. The summed E-state index contributed by atoms with van der Waals surface area (Å²) in [5.41, 5.74) is 1.20. The Morgan fingerprint density at radius 3 is 2.85 bits per heavy atom. The van der Waals surface area contributed by atoms with Crippen LogP contribution in [0, 0.1) is 18.3 Å². The maximum absolute atomic E-state index is 13.2. The summed E-state index contributed by atoms with van der Waals surface area (Å²) in [5.74, 6) is -0.0451. The largest absolute Gasteiger partial charge is 0.378 e. The molecule has 0 aliphatic carbocycles. The van der Waals surface area contributed by atoms with Gasteiger partial charge in [0, 0.05) is 25.8 Å². The molecule has 27 heavy (non-hydrogen) atoms. The zero-order chi connectivity index (χ0) is 19.4. The number of nitrogens with zero attached hydrogens (tertiary/aromatic N) is 4. The second kappa shape index (κ2) is 8.01. The highest BCUT2D eigenvalue weighted by Crippen LogP contribution is 2.21. The van der Waals surface area contributed by atoms with Crippen LogP contribution < -0.4 is 15.8 Å². The number of nitriles is 1. The van der Waals surface area contributed by atoms with E-state index in [1.54, 1.807) is 19.2 Å². The molecule has 0 bridgehead atoms. The van der Waals surface area contributed by atoms with Crippen molar-refractivity contribution in [2.45, 2.75) is 13.8 Å². The number of hydrogen-bond donors (Lipinski definition) is 1. The van der Waals surface area contributed by atoms with E-state index in [4.69, 9.17) is 9.72 Å². The predicted octanol–water partition coefficient (Wildman–Crippen LogP) is 0.883. The van der Waals surface area contributed by atoms with Crippen LogP contribution in [0.4, 0.5) is 5.82 Å². The maximum Gasteiger partial charge on any atom is 0.267 e. The summed E-state index contributed by atoms with van der Waals surface area (Å²) in [7, 11) is 0. The van der Waals surface area contributed by atoms with Crippen LogP contribution in [0.5, 0.6) is 0 Å². The molecule has 2 aromatic heterocycles. The molecule has 3 rings (SSSR count). The summed E-state index contributed by atoms with van der Waals surface area (Å²) in [6.45, 7) is 6.26. The number of ether oxygens (including phenoxy) is 1. The molecule has 1 fully saturated rings. The first kappa shape index (κ1) is 18.6. The molecule has 1 amide bonds. The van der Waals surface area contributed by atoms with Crippen LogP contribution in [-0.2, 0) is 9.53 Å². The summed E-state index contributed by atoms with van der Waals surface area (Å²) >= 11 is 0. The third-order valence-electron chi connectivity index (χ3n) is 4.37. The Labute approximate surface area is 156 Å². The van der Waals surface area contributed by atoms with E-state index in [0.717, 1.165) is 5.56 Å². The lowest BCUT2D eigenvalue weighted by Crippen LogP contribution is -2.39. The van der Waals surface area contributed by atoms with E-state index >= 15 is 0 Å². The molecule has 1 saturated heterocycles.